The van der Waals surface area contributed by atoms with Crippen molar-refractivity contribution in [1.82, 2.24) is 0 Å². The van der Waals surface area contributed by atoms with Crippen molar-refractivity contribution in [2.45, 2.75) is 53.4 Å². The molecule has 18 heavy (non-hydrogen) atoms. The molecule has 0 amide bonds. The molecule has 0 aliphatic rings. The summed E-state index contributed by atoms with van der Waals surface area (Å²) in [4.78, 5) is 0. The molecule has 0 rings (SSSR count). The molecule has 100 valence electrons. The maximum Gasteiger partial charge on any atom is 0.118 e. The standard InChI is InChI=1S/C17H26O/c1-6-18-14-13-17(5)12-8-11-16(4)10-7-9-15(2)3/h1,9,11,13H,7-8,10,12,14H2,2-5H3. The zero-order valence-corrected chi connectivity index (χ0v) is 12.3. The molecule has 1 nitrogen and oxygen atoms in total. The van der Waals surface area contributed by atoms with Gasteiger partial charge in [0.15, 0.2) is 0 Å². The monoisotopic (exact) mass is 246 g/mol. The lowest BCUT2D eigenvalue weighted by Gasteiger charge is -2.01. The summed E-state index contributed by atoms with van der Waals surface area (Å²) in [5, 5.41) is 0. The summed E-state index contributed by atoms with van der Waals surface area (Å²) >= 11 is 0. The molecule has 0 unspecified atom stereocenters. The highest BCUT2D eigenvalue weighted by Gasteiger charge is 1.91. The molecule has 0 saturated heterocycles. The van der Waals surface area contributed by atoms with Gasteiger partial charge in [-0.2, -0.15) is 0 Å². The summed E-state index contributed by atoms with van der Waals surface area (Å²) in [6.45, 7) is 9.13. The Labute approximate surface area is 113 Å². The Morgan fingerprint density at radius 2 is 1.50 bits per heavy atom. The van der Waals surface area contributed by atoms with Gasteiger partial charge in [-0.15, -0.1) is 0 Å². The van der Waals surface area contributed by atoms with Crippen LogP contribution in [0.5, 0.6) is 0 Å². The van der Waals surface area contributed by atoms with E-state index in [0.29, 0.717) is 6.61 Å². The van der Waals surface area contributed by atoms with Gasteiger partial charge >= 0.3 is 0 Å². The van der Waals surface area contributed by atoms with Crippen LogP contribution < -0.4 is 0 Å². The van der Waals surface area contributed by atoms with Crippen molar-refractivity contribution in [2.75, 3.05) is 6.61 Å². The van der Waals surface area contributed by atoms with Crippen molar-refractivity contribution in [1.29, 1.82) is 0 Å². The van der Waals surface area contributed by atoms with Gasteiger partial charge in [-0.25, -0.2) is 0 Å². The minimum atomic E-state index is 0.519. The second-order valence-electron chi connectivity index (χ2n) is 4.89. The Bertz CT molecular complexity index is 346. The van der Waals surface area contributed by atoms with Gasteiger partial charge in [0.05, 0.1) is 0 Å². The van der Waals surface area contributed by atoms with E-state index in [1.54, 1.807) is 0 Å². The molecule has 0 fully saturated rings. The van der Waals surface area contributed by atoms with Crippen LogP contribution >= 0.6 is 0 Å². The van der Waals surface area contributed by atoms with E-state index in [0.717, 1.165) is 25.7 Å². The smallest absolute Gasteiger partial charge is 0.118 e. The van der Waals surface area contributed by atoms with Gasteiger partial charge in [-0.1, -0.05) is 35.3 Å². The number of terminal acetylenes is 1. The molecule has 0 aliphatic heterocycles. The maximum atomic E-state index is 5.01. The third-order valence-electron chi connectivity index (χ3n) is 2.72. The van der Waals surface area contributed by atoms with Crippen molar-refractivity contribution in [3.63, 3.8) is 0 Å². The van der Waals surface area contributed by atoms with E-state index in [1.807, 2.05) is 6.08 Å². The average molecular weight is 246 g/mol. The van der Waals surface area contributed by atoms with Crippen molar-refractivity contribution in [2.24, 2.45) is 0 Å². The Kier molecular flexibility index (Phi) is 9.87. The highest BCUT2D eigenvalue weighted by atomic mass is 16.5. The number of hydrogen-bond donors (Lipinski definition) is 0. The molecule has 0 spiro atoms. The summed E-state index contributed by atoms with van der Waals surface area (Å²) in [7, 11) is 0. The van der Waals surface area contributed by atoms with E-state index in [-0.39, 0.29) is 0 Å². The molecule has 0 saturated carbocycles. The first kappa shape index (κ1) is 16.6. The van der Waals surface area contributed by atoms with Crippen molar-refractivity contribution >= 4 is 0 Å². The second-order valence-corrected chi connectivity index (χ2v) is 4.89. The van der Waals surface area contributed by atoms with E-state index in [2.05, 4.69) is 46.0 Å². The van der Waals surface area contributed by atoms with Crippen LogP contribution in [0.15, 0.2) is 34.9 Å². The second kappa shape index (κ2) is 10.7. The zero-order chi connectivity index (χ0) is 13.8. The normalized spacial score (nSPS) is 11.9. The molecular formula is C17H26O. The van der Waals surface area contributed by atoms with E-state index in [4.69, 9.17) is 11.2 Å². The number of allylic oxidation sites excluding steroid dienone is 5. The van der Waals surface area contributed by atoms with Gasteiger partial charge < -0.3 is 4.74 Å². The summed E-state index contributed by atoms with van der Waals surface area (Å²) in [5.41, 5.74) is 4.20. The fourth-order valence-corrected chi connectivity index (χ4v) is 1.57. The summed E-state index contributed by atoms with van der Waals surface area (Å²) < 4.78 is 4.84. The van der Waals surface area contributed by atoms with Gasteiger partial charge in [-0.05, 0) is 59.5 Å². The first-order valence-electron chi connectivity index (χ1n) is 6.58. The number of rotatable bonds is 8. The first-order valence-corrected chi connectivity index (χ1v) is 6.58. The lowest BCUT2D eigenvalue weighted by Crippen LogP contribution is -1.85. The van der Waals surface area contributed by atoms with Crippen LogP contribution in [0.3, 0.4) is 0 Å². The average Bonchev–Trinajstić information content (AvgIpc) is 2.29. The van der Waals surface area contributed by atoms with E-state index < -0.39 is 0 Å². The van der Waals surface area contributed by atoms with Gasteiger partial charge in [0, 0.05) is 0 Å². The molecule has 0 atom stereocenters. The van der Waals surface area contributed by atoms with Crippen LogP contribution in [-0.2, 0) is 4.74 Å². The minimum absolute atomic E-state index is 0.519. The van der Waals surface area contributed by atoms with Crippen LogP contribution in [-0.4, -0.2) is 6.61 Å². The quantitative estimate of drug-likeness (QED) is 0.332. The topological polar surface area (TPSA) is 9.23 Å². The molecule has 0 aliphatic carbocycles. The summed E-state index contributed by atoms with van der Waals surface area (Å²) in [6, 6.07) is 0. The van der Waals surface area contributed by atoms with E-state index in [1.165, 1.54) is 16.7 Å². The maximum absolute atomic E-state index is 5.01. The molecular weight excluding hydrogens is 220 g/mol. The molecule has 0 radical (unpaired) electrons. The molecule has 0 aromatic carbocycles. The minimum Gasteiger partial charge on any atom is -0.443 e. The van der Waals surface area contributed by atoms with Crippen molar-refractivity contribution in [3.05, 3.63) is 34.9 Å². The molecule has 0 aromatic heterocycles. The lowest BCUT2D eigenvalue weighted by atomic mass is 10.1. The van der Waals surface area contributed by atoms with Gasteiger partial charge in [0.2, 0.25) is 0 Å². The Morgan fingerprint density at radius 1 is 0.944 bits per heavy atom. The van der Waals surface area contributed by atoms with Crippen molar-refractivity contribution < 1.29 is 4.74 Å². The predicted octanol–water partition coefficient (Wildman–Crippen LogP) is 5.01. The first-order chi connectivity index (χ1) is 8.56. The van der Waals surface area contributed by atoms with Crippen molar-refractivity contribution in [3.8, 4) is 12.5 Å². The summed E-state index contributed by atoms with van der Waals surface area (Å²) in [6.07, 6.45) is 18.3. The molecule has 0 bridgehead atoms. The molecule has 1 heteroatoms. The van der Waals surface area contributed by atoms with Gasteiger partial charge in [0.25, 0.3) is 0 Å². The predicted molar refractivity (Wildman–Crippen MR) is 80.2 cm³/mol. The van der Waals surface area contributed by atoms with E-state index >= 15 is 0 Å². The largest absolute Gasteiger partial charge is 0.443 e. The molecule has 0 N–H and O–H groups in total. The van der Waals surface area contributed by atoms with Crippen LogP contribution in [0.2, 0.25) is 0 Å². The Balaban J connectivity index is 3.83. The highest BCUT2D eigenvalue weighted by molar-refractivity contribution is 5.05. The van der Waals surface area contributed by atoms with Gasteiger partial charge in [-0.3, -0.25) is 0 Å². The zero-order valence-electron chi connectivity index (χ0n) is 12.3. The Morgan fingerprint density at radius 3 is 2.06 bits per heavy atom. The SMILES string of the molecule is C#COCC=C(C)CCC=C(C)CCC=C(C)C. The number of hydrogen-bond acceptors (Lipinski definition) is 1. The fourth-order valence-electron chi connectivity index (χ4n) is 1.57. The third kappa shape index (κ3) is 11.1. The Hall–Kier alpha value is -1.42. The van der Waals surface area contributed by atoms with Crippen LogP contribution in [0.1, 0.15) is 53.4 Å². The fraction of sp³-hybridized carbons (Fsp3) is 0.529. The molecule has 0 heterocycles. The van der Waals surface area contributed by atoms with Crippen LogP contribution in [0, 0.1) is 12.5 Å². The van der Waals surface area contributed by atoms with Crippen LogP contribution in [0.4, 0.5) is 0 Å². The van der Waals surface area contributed by atoms with Gasteiger partial charge in [0.1, 0.15) is 12.7 Å². The molecule has 0 aromatic rings. The number of ether oxygens (including phenoxy) is 1. The summed E-state index contributed by atoms with van der Waals surface area (Å²) in [5.74, 6) is 0. The lowest BCUT2D eigenvalue weighted by molar-refractivity contribution is 0.320. The van der Waals surface area contributed by atoms with Crippen LogP contribution in [0.25, 0.3) is 0 Å². The van der Waals surface area contributed by atoms with E-state index in [9.17, 15) is 0 Å². The highest BCUT2D eigenvalue weighted by Crippen LogP contribution is 2.11. The third-order valence-corrected chi connectivity index (χ3v) is 2.72.